The van der Waals surface area contributed by atoms with E-state index >= 15 is 0 Å². The van der Waals surface area contributed by atoms with Gasteiger partial charge in [0, 0.05) is 32.1 Å². The van der Waals surface area contributed by atoms with Gasteiger partial charge < -0.3 is 15.2 Å². The Labute approximate surface area is 113 Å². The van der Waals surface area contributed by atoms with Crippen LogP contribution in [-0.2, 0) is 16.1 Å². The summed E-state index contributed by atoms with van der Waals surface area (Å²) in [5, 5.41) is 11.5. The van der Waals surface area contributed by atoms with Crippen LogP contribution >= 0.6 is 0 Å². The van der Waals surface area contributed by atoms with Crippen molar-refractivity contribution < 1.29 is 14.6 Å². The topological polar surface area (TPSA) is 58.6 Å². The highest BCUT2D eigenvalue weighted by molar-refractivity contribution is 5.76. The van der Waals surface area contributed by atoms with E-state index in [-0.39, 0.29) is 12.5 Å². The maximum absolute atomic E-state index is 11.5. The number of rotatable bonds is 6. The van der Waals surface area contributed by atoms with E-state index in [4.69, 9.17) is 9.84 Å². The number of hydrogen-bond donors (Lipinski definition) is 2. The van der Waals surface area contributed by atoms with E-state index < -0.39 is 0 Å². The lowest BCUT2D eigenvalue weighted by Gasteiger charge is -2.07. The first kappa shape index (κ1) is 15.2. The Balaban J connectivity index is 2.58. The van der Waals surface area contributed by atoms with Gasteiger partial charge in [-0.1, -0.05) is 30.0 Å². The highest BCUT2D eigenvalue weighted by atomic mass is 16.5. The molecular weight excluding hydrogens is 242 g/mol. The van der Waals surface area contributed by atoms with Gasteiger partial charge in [0.25, 0.3) is 0 Å². The maximum Gasteiger partial charge on any atom is 0.222 e. The Morgan fingerprint density at radius 1 is 1.42 bits per heavy atom. The van der Waals surface area contributed by atoms with Crippen molar-refractivity contribution in [1.29, 1.82) is 0 Å². The number of carbonyl (C=O) groups is 1. The molecule has 0 unspecified atom stereocenters. The summed E-state index contributed by atoms with van der Waals surface area (Å²) in [5.41, 5.74) is 1.85. The first-order valence-corrected chi connectivity index (χ1v) is 6.21. The zero-order valence-corrected chi connectivity index (χ0v) is 11.1. The van der Waals surface area contributed by atoms with Crippen molar-refractivity contribution in [3.05, 3.63) is 35.4 Å². The molecule has 1 rings (SSSR count). The second-order valence-electron chi connectivity index (χ2n) is 3.95. The van der Waals surface area contributed by atoms with E-state index in [0.29, 0.717) is 26.0 Å². The summed E-state index contributed by atoms with van der Waals surface area (Å²) in [4.78, 5) is 11.5. The van der Waals surface area contributed by atoms with Crippen molar-refractivity contribution >= 4 is 5.91 Å². The van der Waals surface area contributed by atoms with Gasteiger partial charge in [-0.3, -0.25) is 4.79 Å². The molecular formula is C15H19NO3. The second-order valence-corrected chi connectivity index (χ2v) is 3.95. The van der Waals surface area contributed by atoms with Gasteiger partial charge >= 0.3 is 0 Å². The molecule has 2 N–H and O–H groups in total. The third kappa shape index (κ3) is 6.05. The van der Waals surface area contributed by atoms with Gasteiger partial charge in [-0.15, -0.1) is 0 Å². The molecule has 0 heterocycles. The molecule has 0 bridgehead atoms. The molecule has 0 atom stereocenters. The van der Waals surface area contributed by atoms with E-state index in [9.17, 15) is 4.79 Å². The van der Waals surface area contributed by atoms with Gasteiger partial charge in [0.1, 0.15) is 0 Å². The van der Waals surface area contributed by atoms with E-state index in [2.05, 4.69) is 17.2 Å². The van der Waals surface area contributed by atoms with Crippen molar-refractivity contribution in [1.82, 2.24) is 5.32 Å². The SMILES string of the molecule is COCCC(=O)NCc1ccccc1C#CCCO. The number of aliphatic hydroxyl groups is 1. The monoisotopic (exact) mass is 261 g/mol. The number of benzene rings is 1. The van der Waals surface area contributed by atoms with E-state index in [1.807, 2.05) is 24.3 Å². The van der Waals surface area contributed by atoms with Crippen LogP contribution in [0, 0.1) is 11.8 Å². The van der Waals surface area contributed by atoms with Gasteiger partial charge in [0.2, 0.25) is 5.91 Å². The number of methoxy groups -OCH3 is 1. The number of amides is 1. The summed E-state index contributed by atoms with van der Waals surface area (Å²) in [5.74, 6) is 5.83. The van der Waals surface area contributed by atoms with Crippen LogP contribution in [0.3, 0.4) is 0 Å². The van der Waals surface area contributed by atoms with Crippen LogP contribution in [0.5, 0.6) is 0 Å². The minimum atomic E-state index is -0.0417. The van der Waals surface area contributed by atoms with Crippen LogP contribution < -0.4 is 5.32 Å². The zero-order valence-electron chi connectivity index (χ0n) is 11.1. The average molecular weight is 261 g/mol. The molecule has 0 saturated heterocycles. The number of hydrogen-bond acceptors (Lipinski definition) is 3. The first-order chi connectivity index (χ1) is 9.27. The highest BCUT2D eigenvalue weighted by Crippen LogP contribution is 2.07. The number of aliphatic hydroxyl groups excluding tert-OH is 1. The first-order valence-electron chi connectivity index (χ1n) is 6.21. The zero-order chi connectivity index (χ0) is 13.9. The fourth-order valence-electron chi connectivity index (χ4n) is 1.49. The largest absolute Gasteiger partial charge is 0.395 e. The molecule has 0 fully saturated rings. The molecule has 0 aliphatic heterocycles. The minimum absolute atomic E-state index is 0.0417. The standard InChI is InChI=1S/C15H19NO3/c1-19-11-9-15(18)16-12-14-8-3-2-6-13(14)7-4-5-10-17/h2-3,6,8,17H,5,9-12H2,1H3,(H,16,18). The molecule has 1 aromatic rings. The molecule has 0 aliphatic carbocycles. The molecule has 0 aromatic heterocycles. The molecule has 1 aromatic carbocycles. The van der Waals surface area contributed by atoms with E-state index in [1.54, 1.807) is 7.11 Å². The molecule has 4 heteroatoms. The predicted molar refractivity (Wildman–Crippen MR) is 73.4 cm³/mol. The summed E-state index contributed by atoms with van der Waals surface area (Å²) >= 11 is 0. The molecule has 0 aliphatic rings. The molecule has 19 heavy (non-hydrogen) atoms. The van der Waals surface area contributed by atoms with Crippen LogP contribution in [0.15, 0.2) is 24.3 Å². The van der Waals surface area contributed by atoms with Crippen molar-refractivity contribution in [3.63, 3.8) is 0 Å². The highest BCUT2D eigenvalue weighted by Gasteiger charge is 2.03. The van der Waals surface area contributed by atoms with Crippen molar-refractivity contribution in [2.45, 2.75) is 19.4 Å². The van der Waals surface area contributed by atoms with Crippen molar-refractivity contribution in [3.8, 4) is 11.8 Å². The summed E-state index contributed by atoms with van der Waals surface area (Å²) < 4.78 is 4.85. The van der Waals surface area contributed by atoms with Gasteiger partial charge in [-0.05, 0) is 11.6 Å². The Hall–Kier alpha value is -1.83. The summed E-state index contributed by atoms with van der Waals surface area (Å²) in [6.07, 6.45) is 0.809. The lowest BCUT2D eigenvalue weighted by Crippen LogP contribution is -2.24. The maximum atomic E-state index is 11.5. The van der Waals surface area contributed by atoms with E-state index in [0.717, 1.165) is 11.1 Å². The molecule has 102 valence electrons. The minimum Gasteiger partial charge on any atom is -0.395 e. The summed E-state index contributed by atoms with van der Waals surface area (Å²) in [6, 6.07) is 7.65. The fourth-order valence-corrected chi connectivity index (χ4v) is 1.49. The normalized spacial score (nSPS) is 9.58. The van der Waals surface area contributed by atoms with Gasteiger partial charge in [-0.25, -0.2) is 0 Å². The average Bonchev–Trinajstić information content (AvgIpc) is 2.44. The summed E-state index contributed by atoms with van der Waals surface area (Å²) in [7, 11) is 1.57. The smallest absolute Gasteiger partial charge is 0.222 e. The van der Waals surface area contributed by atoms with Crippen LogP contribution in [0.1, 0.15) is 24.0 Å². The quantitative estimate of drug-likeness (QED) is 0.753. The van der Waals surface area contributed by atoms with Crippen LogP contribution in [0.4, 0.5) is 0 Å². The third-order valence-electron chi connectivity index (χ3n) is 2.49. The summed E-state index contributed by atoms with van der Waals surface area (Å²) in [6.45, 7) is 0.930. The van der Waals surface area contributed by atoms with Crippen molar-refractivity contribution in [2.24, 2.45) is 0 Å². The molecule has 0 radical (unpaired) electrons. The molecule has 4 nitrogen and oxygen atoms in total. The van der Waals surface area contributed by atoms with Crippen LogP contribution in [-0.4, -0.2) is 31.3 Å². The van der Waals surface area contributed by atoms with Gasteiger partial charge in [0.15, 0.2) is 0 Å². The number of nitrogens with one attached hydrogen (secondary N) is 1. The van der Waals surface area contributed by atoms with Gasteiger partial charge in [-0.2, -0.15) is 0 Å². The Kier molecular flexibility index (Phi) is 7.33. The van der Waals surface area contributed by atoms with Crippen LogP contribution in [0.25, 0.3) is 0 Å². The lowest BCUT2D eigenvalue weighted by molar-refractivity contribution is -0.122. The number of ether oxygens (including phenoxy) is 1. The lowest BCUT2D eigenvalue weighted by atomic mass is 10.1. The Bertz CT molecular complexity index is 460. The Morgan fingerprint density at radius 2 is 2.21 bits per heavy atom. The Morgan fingerprint density at radius 3 is 2.95 bits per heavy atom. The predicted octanol–water partition coefficient (Wildman–Crippen LogP) is 1.07. The number of carbonyl (C=O) groups excluding carboxylic acids is 1. The third-order valence-corrected chi connectivity index (χ3v) is 2.49. The van der Waals surface area contributed by atoms with Crippen LogP contribution in [0.2, 0.25) is 0 Å². The van der Waals surface area contributed by atoms with Gasteiger partial charge in [0.05, 0.1) is 13.2 Å². The molecule has 0 saturated carbocycles. The second kappa shape index (κ2) is 9.15. The fraction of sp³-hybridized carbons (Fsp3) is 0.400. The molecule has 0 spiro atoms. The molecule has 1 amide bonds. The van der Waals surface area contributed by atoms with Crippen molar-refractivity contribution in [2.75, 3.05) is 20.3 Å². The van der Waals surface area contributed by atoms with E-state index in [1.165, 1.54) is 0 Å².